The first-order valence-corrected chi connectivity index (χ1v) is 6.84. The molecule has 0 atom stereocenters. The van der Waals surface area contributed by atoms with Gasteiger partial charge in [0, 0.05) is 23.7 Å². The molecule has 2 aromatic carbocycles. The van der Waals surface area contributed by atoms with Gasteiger partial charge in [0.2, 0.25) is 0 Å². The molecule has 0 saturated heterocycles. The quantitative estimate of drug-likeness (QED) is 0.826. The summed E-state index contributed by atoms with van der Waals surface area (Å²) in [5.74, 6) is -0.360. The summed E-state index contributed by atoms with van der Waals surface area (Å²) in [6, 6.07) is 11.9. The third-order valence-electron chi connectivity index (χ3n) is 3.56. The number of hydrogen-bond donors (Lipinski definition) is 0. The monoisotopic (exact) mass is 289 g/mol. The third kappa shape index (κ3) is 2.41. The molecule has 1 aliphatic rings. The molecule has 0 bridgehead atoms. The number of hydrogen-bond acceptors (Lipinski definition) is 1. The molecule has 0 radical (unpaired) electrons. The predicted molar refractivity (Wildman–Crippen MR) is 76.3 cm³/mol. The van der Waals surface area contributed by atoms with Gasteiger partial charge in [-0.15, -0.1) is 0 Å². The van der Waals surface area contributed by atoms with Crippen LogP contribution in [0.3, 0.4) is 0 Å². The summed E-state index contributed by atoms with van der Waals surface area (Å²) in [7, 11) is 0. The van der Waals surface area contributed by atoms with E-state index in [1.165, 1.54) is 12.1 Å². The Kier molecular flexibility index (Phi) is 3.45. The van der Waals surface area contributed by atoms with Gasteiger partial charge in [-0.2, -0.15) is 0 Å². The number of benzene rings is 2. The van der Waals surface area contributed by atoms with Crippen LogP contribution in [0.5, 0.6) is 0 Å². The molecular formula is C16H13ClFNO. The minimum atomic E-state index is -0.367. The van der Waals surface area contributed by atoms with Gasteiger partial charge in [0.05, 0.1) is 0 Å². The maximum Gasteiger partial charge on any atom is 0.254 e. The van der Waals surface area contributed by atoms with Crippen LogP contribution in [0.25, 0.3) is 0 Å². The largest absolute Gasteiger partial charge is 0.334 e. The SMILES string of the molecule is O=C1c2ccccc2CCN1Cc1ccc(F)cc1Cl. The molecule has 0 aliphatic carbocycles. The summed E-state index contributed by atoms with van der Waals surface area (Å²) in [5.41, 5.74) is 2.59. The van der Waals surface area contributed by atoms with Crippen LogP contribution in [0.2, 0.25) is 5.02 Å². The summed E-state index contributed by atoms with van der Waals surface area (Å²) in [5, 5.41) is 0.358. The van der Waals surface area contributed by atoms with Crippen molar-refractivity contribution in [3.63, 3.8) is 0 Å². The first kappa shape index (κ1) is 13.1. The Morgan fingerprint density at radius 1 is 1.20 bits per heavy atom. The molecule has 1 amide bonds. The van der Waals surface area contributed by atoms with E-state index in [9.17, 15) is 9.18 Å². The lowest BCUT2D eigenvalue weighted by atomic mass is 9.99. The van der Waals surface area contributed by atoms with Crippen molar-refractivity contribution in [3.05, 3.63) is 70.0 Å². The molecule has 0 N–H and O–H groups in total. The van der Waals surface area contributed by atoms with E-state index in [0.717, 1.165) is 23.1 Å². The van der Waals surface area contributed by atoms with E-state index in [1.807, 2.05) is 24.3 Å². The van der Waals surface area contributed by atoms with Gasteiger partial charge < -0.3 is 4.90 Å². The smallest absolute Gasteiger partial charge is 0.254 e. The van der Waals surface area contributed by atoms with Gasteiger partial charge in [-0.25, -0.2) is 4.39 Å². The topological polar surface area (TPSA) is 20.3 Å². The second-order valence-corrected chi connectivity index (χ2v) is 5.28. The fourth-order valence-electron chi connectivity index (χ4n) is 2.48. The molecule has 20 heavy (non-hydrogen) atoms. The van der Waals surface area contributed by atoms with Crippen molar-refractivity contribution in [2.75, 3.05) is 6.54 Å². The van der Waals surface area contributed by atoms with E-state index in [2.05, 4.69) is 0 Å². The maximum absolute atomic E-state index is 13.0. The van der Waals surface area contributed by atoms with Crippen molar-refractivity contribution >= 4 is 17.5 Å². The second-order valence-electron chi connectivity index (χ2n) is 4.87. The predicted octanol–water partition coefficient (Wildman–Crippen LogP) is 3.68. The van der Waals surface area contributed by atoms with Crippen LogP contribution in [0, 0.1) is 5.82 Å². The highest BCUT2D eigenvalue weighted by atomic mass is 35.5. The Bertz CT molecular complexity index is 671. The van der Waals surface area contributed by atoms with E-state index in [1.54, 1.807) is 11.0 Å². The molecule has 0 unspecified atom stereocenters. The van der Waals surface area contributed by atoms with Crippen LogP contribution >= 0.6 is 11.6 Å². The minimum absolute atomic E-state index is 0.00671. The van der Waals surface area contributed by atoms with Crippen LogP contribution in [0.15, 0.2) is 42.5 Å². The highest BCUT2D eigenvalue weighted by Gasteiger charge is 2.24. The van der Waals surface area contributed by atoms with Crippen LogP contribution in [-0.4, -0.2) is 17.4 Å². The zero-order valence-electron chi connectivity index (χ0n) is 10.8. The van der Waals surface area contributed by atoms with Crippen molar-refractivity contribution in [2.45, 2.75) is 13.0 Å². The lowest BCUT2D eigenvalue weighted by molar-refractivity contribution is 0.0727. The molecule has 0 aromatic heterocycles. The molecule has 0 spiro atoms. The van der Waals surface area contributed by atoms with Crippen molar-refractivity contribution in [1.29, 1.82) is 0 Å². The van der Waals surface area contributed by atoms with Crippen molar-refractivity contribution in [2.24, 2.45) is 0 Å². The summed E-state index contributed by atoms with van der Waals surface area (Å²) >= 11 is 6.02. The standard InChI is InChI=1S/C16H13ClFNO/c17-15-9-13(18)6-5-12(15)10-19-8-7-11-3-1-2-4-14(11)16(19)20/h1-6,9H,7-8,10H2. The van der Waals surface area contributed by atoms with Crippen LogP contribution in [0.4, 0.5) is 4.39 Å². The molecule has 1 aliphatic heterocycles. The lowest BCUT2D eigenvalue weighted by Crippen LogP contribution is -2.37. The Morgan fingerprint density at radius 2 is 2.00 bits per heavy atom. The lowest BCUT2D eigenvalue weighted by Gasteiger charge is -2.28. The highest BCUT2D eigenvalue weighted by molar-refractivity contribution is 6.31. The van der Waals surface area contributed by atoms with Crippen LogP contribution < -0.4 is 0 Å². The Morgan fingerprint density at radius 3 is 2.80 bits per heavy atom. The highest BCUT2D eigenvalue weighted by Crippen LogP contribution is 2.23. The summed E-state index contributed by atoms with van der Waals surface area (Å²) in [4.78, 5) is 14.2. The number of halogens is 2. The number of nitrogens with zero attached hydrogens (tertiary/aromatic N) is 1. The van der Waals surface area contributed by atoms with Gasteiger partial charge in [0.25, 0.3) is 5.91 Å². The summed E-state index contributed by atoms with van der Waals surface area (Å²) < 4.78 is 13.0. The van der Waals surface area contributed by atoms with Gasteiger partial charge in [-0.05, 0) is 35.7 Å². The molecule has 102 valence electrons. The molecule has 3 rings (SSSR count). The Hall–Kier alpha value is -1.87. The number of amides is 1. The first-order chi connectivity index (χ1) is 9.65. The number of carbonyl (C=O) groups is 1. The van der Waals surface area contributed by atoms with Crippen molar-refractivity contribution in [3.8, 4) is 0 Å². The van der Waals surface area contributed by atoms with E-state index < -0.39 is 0 Å². The van der Waals surface area contributed by atoms with E-state index in [-0.39, 0.29) is 11.7 Å². The molecule has 2 nitrogen and oxygen atoms in total. The zero-order chi connectivity index (χ0) is 14.1. The number of rotatable bonds is 2. The van der Waals surface area contributed by atoms with Crippen LogP contribution in [-0.2, 0) is 13.0 Å². The van der Waals surface area contributed by atoms with Crippen molar-refractivity contribution < 1.29 is 9.18 Å². The van der Waals surface area contributed by atoms with E-state index in [4.69, 9.17) is 11.6 Å². The van der Waals surface area contributed by atoms with E-state index in [0.29, 0.717) is 18.1 Å². The van der Waals surface area contributed by atoms with Gasteiger partial charge in [-0.3, -0.25) is 4.79 Å². The number of fused-ring (bicyclic) bond motifs is 1. The zero-order valence-corrected chi connectivity index (χ0v) is 11.5. The molecule has 2 aromatic rings. The first-order valence-electron chi connectivity index (χ1n) is 6.46. The molecule has 0 saturated carbocycles. The number of carbonyl (C=O) groups excluding carboxylic acids is 1. The second kappa shape index (κ2) is 5.25. The molecule has 1 heterocycles. The molecule has 4 heteroatoms. The Balaban J connectivity index is 1.85. The maximum atomic E-state index is 13.0. The average Bonchev–Trinajstić information content (AvgIpc) is 2.45. The minimum Gasteiger partial charge on any atom is -0.334 e. The molecule has 0 fully saturated rings. The fraction of sp³-hybridized carbons (Fsp3) is 0.188. The van der Waals surface area contributed by atoms with E-state index >= 15 is 0 Å². The molecular weight excluding hydrogens is 277 g/mol. The summed E-state index contributed by atoms with van der Waals surface area (Å²) in [6.45, 7) is 1.07. The third-order valence-corrected chi connectivity index (χ3v) is 3.91. The normalized spacial score (nSPS) is 14.3. The fourth-order valence-corrected chi connectivity index (χ4v) is 2.71. The van der Waals surface area contributed by atoms with Crippen molar-refractivity contribution in [1.82, 2.24) is 4.90 Å². The van der Waals surface area contributed by atoms with Gasteiger partial charge >= 0.3 is 0 Å². The average molecular weight is 290 g/mol. The van der Waals surface area contributed by atoms with Gasteiger partial charge in [0.1, 0.15) is 5.82 Å². The Labute approximate surface area is 121 Å². The summed E-state index contributed by atoms with van der Waals surface area (Å²) in [6.07, 6.45) is 0.834. The van der Waals surface area contributed by atoms with Crippen LogP contribution in [0.1, 0.15) is 21.5 Å². The van der Waals surface area contributed by atoms with Gasteiger partial charge in [-0.1, -0.05) is 35.9 Å². The van der Waals surface area contributed by atoms with Gasteiger partial charge in [0.15, 0.2) is 0 Å².